The molecule has 5 nitrogen and oxygen atoms in total. The fraction of sp³-hybridized carbons (Fsp3) is 0.389. The lowest BCUT2D eigenvalue weighted by atomic mass is 10.1. The highest BCUT2D eigenvalue weighted by Crippen LogP contribution is 2.38. The Labute approximate surface area is 147 Å². The lowest BCUT2D eigenvalue weighted by molar-refractivity contribution is -0.144. The summed E-state index contributed by atoms with van der Waals surface area (Å²) < 4.78 is 41.7. The first-order valence-electron chi connectivity index (χ1n) is 8.67. The number of nitrogens with zero attached hydrogens (tertiary/aromatic N) is 4. The maximum atomic E-state index is 13.3. The summed E-state index contributed by atoms with van der Waals surface area (Å²) in [6, 6.07) is 8.13. The summed E-state index contributed by atoms with van der Waals surface area (Å²) in [4.78, 5) is 11.9. The maximum Gasteiger partial charge on any atom is 0.451 e. The fourth-order valence-electron chi connectivity index (χ4n) is 3.62. The Balaban J connectivity index is 1.67. The van der Waals surface area contributed by atoms with Gasteiger partial charge in [0.2, 0.25) is 5.82 Å². The Morgan fingerprint density at radius 1 is 1.08 bits per heavy atom. The van der Waals surface area contributed by atoms with Crippen LogP contribution in [0.5, 0.6) is 0 Å². The smallest absolute Gasteiger partial charge is 0.365 e. The van der Waals surface area contributed by atoms with Gasteiger partial charge < -0.3 is 9.88 Å². The average molecular weight is 359 g/mol. The Morgan fingerprint density at radius 2 is 1.88 bits per heavy atom. The number of hydrogen-bond acceptors (Lipinski definition) is 4. The third-order valence-electron chi connectivity index (χ3n) is 5.03. The van der Waals surface area contributed by atoms with Crippen LogP contribution in [-0.4, -0.2) is 25.6 Å². The molecule has 0 spiro atoms. The van der Waals surface area contributed by atoms with Crippen molar-refractivity contribution in [1.29, 1.82) is 0 Å². The van der Waals surface area contributed by atoms with E-state index in [1.54, 1.807) is 10.9 Å². The number of rotatable bonds is 3. The minimum atomic E-state index is -4.60. The van der Waals surface area contributed by atoms with E-state index in [1.165, 1.54) is 5.56 Å². The topological polar surface area (TPSA) is 55.6 Å². The van der Waals surface area contributed by atoms with Gasteiger partial charge >= 0.3 is 6.18 Å². The maximum absolute atomic E-state index is 13.3. The second kappa shape index (κ2) is 5.43. The Morgan fingerprint density at radius 3 is 2.65 bits per heavy atom. The van der Waals surface area contributed by atoms with Crippen molar-refractivity contribution in [3.05, 3.63) is 47.5 Å². The standard InChI is InChI=1S/C18H16F3N5/c19-18(20,21)17-24-15(23-11-6-7-11)14-16(25-17)26(9-22-14)13-8-5-10-3-1-2-4-12(10)13/h1-4,9,11,13H,5-8H2,(H,23,24,25). The highest BCUT2D eigenvalue weighted by atomic mass is 19.4. The summed E-state index contributed by atoms with van der Waals surface area (Å²) in [6.07, 6.45) is 0.570. The Bertz CT molecular complexity index is 990. The van der Waals surface area contributed by atoms with Gasteiger partial charge in [-0.15, -0.1) is 0 Å². The number of imidazole rings is 1. The summed E-state index contributed by atoms with van der Waals surface area (Å²) in [7, 11) is 0. The zero-order valence-electron chi connectivity index (χ0n) is 13.8. The molecule has 0 amide bonds. The SMILES string of the molecule is FC(F)(F)c1nc(NC2CC2)c2ncn(C3CCc4ccccc43)c2n1. The van der Waals surface area contributed by atoms with Gasteiger partial charge in [0.25, 0.3) is 0 Å². The number of hydrogen-bond donors (Lipinski definition) is 1. The van der Waals surface area contributed by atoms with Gasteiger partial charge in [0.15, 0.2) is 11.5 Å². The van der Waals surface area contributed by atoms with Gasteiger partial charge in [-0.25, -0.2) is 15.0 Å². The van der Waals surface area contributed by atoms with Crippen molar-refractivity contribution >= 4 is 17.0 Å². The van der Waals surface area contributed by atoms with Gasteiger partial charge in [0.1, 0.15) is 5.52 Å². The number of anilines is 1. The molecule has 26 heavy (non-hydrogen) atoms. The second-order valence-electron chi connectivity index (χ2n) is 6.89. The number of fused-ring (bicyclic) bond motifs is 2. The fourth-order valence-corrected chi connectivity index (χ4v) is 3.62. The van der Waals surface area contributed by atoms with Crippen LogP contribution >= 0.6 is 0 Å². The first kappa shape index (κ1) is 15.6. The summed E-state index contributed by atoms with van der Waals surface area (Å²) >= 11 is 0. The molecule has 2 aromatic heterocycles. The van der Waals surface area contributed by atoms with Crippen LogP contribution in [0.3, 0.4) is 0 Å². The summed E-state index contributed by atoms with van der Waals surface area (Å²) in [5, 5.41) is 3.07. The minimum absolute atomic E-state index is 0.0547. The third kappa shape index (κ3) is 2.51. The van der Waals surface area contributed by atoms with Crippen molar-refractivity contribution in [3.63, 3.8) is 0 Å². The minimum Gasteiger partial charge on any atom is -0.365 e. The number of halogens is 3. The molecule has 2 aliphatic rings. The van der Waals surface area contributed by atoms with Crippen LogP contribution < -0.4 is 5.32 Å². The molecule has 1 saturated carbocycles. The number of nitrogens with one attached hydrogen (secondary N) is 1. The molecule has 8 heteroatoms. The molecule has 0 bridgehead atoms. The summed E-state index contributed by atoms with van der Waals surface area (Å²) in [5.74, 6) is -0.948. The highest BCUT2D eigenvalue weighted by Gasteiger charge is 2.37. The van der Waals surface area contributed by atoms with Gasteiger partial charge in [-0.3, -0.25) is 0 Å². The van der Waals surface area contributed by atoms with E-state index in [0.29, 0.717) is 5.52 Å². The van der Waals surface area contributed by atoms with Crippen LogP contribution in [0.4, 0.5) is 19.0 Å². The molecule has 0 saturated heterocycles. The lowest BCUT2D eigenvalue weighted by Gasteiger charge is -2.15. The molecular weight excluding hydrogens is 343 g/mol. The van der Waals surface area contributed by atoms with Gasteiger partial charge in [0, 0.05) is 6.04 Å². The first-order chi connectivity index (χ1) is 12.5. The number of aromatic nitrogens is 4. The van der Waals surface area contributed by atoms with Crippen LogP contribution in [0.1, 0.15) is 42.3 Å². The van der Waals surface area contributed by atoms with E-state index in [0.717, 1.165) is 31.2 Å². The first-order valence-corrected chi connectivity index (χ1v) is 8.67. The zero-order valence-corrected chi connectivity index (χ0v) is 13.8. The van der Waals surface area contributed by atoms with E-state index in [9.17, 15) is 13.2 Å². The van der Waals surface area contributed by atoms with Gasteiger partial charge in [-0.05, 0) is 36.8 Å². The monoisotopic (exact) mass is 359 g/mol. The van der Waals surface area contributed by atoms with E-state index in [-0.39, 0.29) is 23.5 Å². The Hall–Kier alpha value is -2.64. The molecule has 1 atom stereocenters. The summed E-state index contributed by atoms with van der Waals surface area (Å²) in [6.45, 7) is 0. The van der Waals surface area contributed by atoms with Gasteiger partial charge in [0.05, 0.1) is 12.4 Å². The van der Waals surface area contributed by atoms with Crippen molar-refractivity contribution in [2.45, 2.75) is 43.9 Å². The normalized spacial score (nSPS) is 19.7. The van der Waals surface area contributed by atoms with Crippen molar-refractivity contribution in [1.82, 2.24) is 19.5 Å². The predicted octanol–water partition coefficient (Wildman–Crippen LogP) is 3.96. The van der Waals surface area contributed by atoms with Crippen LogP contribution in [0.2, 0.25) is 0 Å². The molecule has 1 N–H and O–H groups in total. The Kier molecular flexibility index (Phi) is 3.26. The summed E-state index contributed by atoms with van der Waals surface area (Å²) in [5.41, 5.74) is 2.97. The number of benzene rings is 1. The quantitative estimate of drug-likeness (QED) is 0.769. The molecule has 0 aliphatic heterocycles. The molecule has 2 heterocycles. The van der Waals surface area contributed by atoms with E-state index in [2.05, 4.69) is 26.3 Å². The number of alkyl halides is 3. The third-order valence-corrected chi connectivity index (χ3v) is 5.03. The molecule has 1 fully saturated rings. The average Bonchev–Trinajstić information content (AvgIpc) is 3.16. The van der Waals surface area contributed by atoms with E-state index in [4.69, 9.17) is 0 Å². The molecule has 0 radical (unpaired) electrons. The van der Waals surface area contributed by atoms with Gasteiger partial charge in [-0.1, -0.05) is 24.3 Å². The second-order valence-corrected chi connectivity index (χ2v) is 6.89. The molecular formula is C18H16F3N5. The van der Waals surface area contributed by atoms with Crippen LogP contribution in [0, 0.1) is 0 Å². The highest BCUT2D eigenvalue weighted by molar-refractivity contribution is 5.83. The van der Waals surface area contributed by atoms with E-state index >= 15 is 0 Å². The van der Waals surface area contributed by atoms with Crippen LogP contribution in [0.15, 0.2) is 30.6 Å². The van der Waals surface area contributed by atoms with Crippen molar-refractivity contribution in [2.24, 2.45) is 0 Å². The van der Waals surface area contributed by atoms with Crippen molar-refractivity contribution in [3.8, 4) is 0 Å². The van der Waals surface area contributed by atoms with E-state index < -0.39 is 12.0 Å². The molecule has 134 valence electrons. The number of aryl methyl sites for hydroxylation is 1. The molecule has 3 aromatic rings. The lowest BCUT2D eigenvalue weighted by Crippen LogP contribution is -2.16. The van der Waals surface area contributed by atoms with Gasteiger partial charge in [-0.2, -0.15) is 13.2 Å². The van der Waals surface area contributed by atoms with Crippen molar-refractivity contribution in [2.75, 3.05) is 5.32 Å². The largest absolute Gasteiger partial charge is 0.451 e. The van der Waals surface area contributed by atoms with Crippen LogP contribution in [0.25, 0.3) is 11.2 Å². The zero-order chi connectivity index (χ0) is 17.9. The molecule has 5 rings (SSSR count). The molecule has 1 unspecified atom stereocenters. The predicted molar refractivity (Wildman–Crippen MR) is 89.9 cm³/mol. The van der Waals surface area contributed by atoms with E-state index in [1.807, 2.05) is 18.2 Å². The van der Waals surface area contributed by atoms with Crippen LogP contribution in [-0.2, 0) is 12.6 Å². The molecule has 2 aliphatic carbocycles. The van der Waals surface area contributed by atoms with Crippen molar-refractivity contribution < 1.29 is 13.2 Å². The molecule has 1 aromatic carbocycles.